The van der Waals surface area contributed by atoms with Crippen molar-refractivity contribution in [2.75, 3.05) is 6.61 Å². The van der Waals surface area contributed by atoms with E-state index in [1.54, 1.807) is 0 Å². The lowest BCUT2D eigenvalue weighted by molar-refractivity contribution is -0.147. The third-order valence-corrected chi connectivity index (χ3v) is 2.36. The van der Waals surface area contributed by atoms with Gasteiger partial charge in [-0.1, -0.05) is 0 Å². The minimum absolute atomic E-state index is 0.794. The molecule has 0 saturated carbocycles. The number of aliphatic hydroxyl groups excluding tert-OH is 3. The number of cyclic esters (lactones) is 1. The highest BCUT2D eigenvalue weighted by Gasteiger charge is 2.41. The molecule has 0 saturated heterocycles. The van der Waals surface area contributed by atoms with Gasteiger partial charge in [-0.3, -0.25) is 4.79 Å². The molecular weight excluding hydrogens is 278 g/mol. The summed E-state index contributed by atoms with van der Waals surface area (Å²) >= 11 is 0. The van der Waals surface area contributed by atoms with E-state index in [1.165, 1.54) is 0 Å². The maximum absolute atomic E-state index is 11.3. The van der Waals surface area contributed by atoms with Crippen LogP contribution in [-0.4, -0.2) is 63.3 Å². The molecule has 0 aromatic heterocycles. The third kappa shape index (κ3) is 3.36. The van der Waals surface area contributed by atoms with Gasteiger partial charge in [0.15, 0.2) is 11.9 Å². The van der Waals surface area contributed by atoms with Gasteiger partial charge in [-0.25, -0.2) is 9.59 Å². The van der Waals surface area contributed by atoms with Gasteiger partial charge in [-0.2, -0.15) is 0 Å². The SMILES string of the molecule is CC(NC(=O)OC1=C(O)C(C(O)CO)OC1=O)C(=O)O. The van der Waals surface area contributed by atoms with E-state index in [0.717, 1.165) is 6.92 Å². The van der Waals surface area contributed by atoms with Crippen molar-refractivity contribution in [3.63, 3.8) is 0 Å². The van der Waals surface area contributed by atoms with Crippen molar-refractivity contribution in [1.82, 2.24) is 5.32 Å². The van der Waals surface area contributed by atoms with Crippen LogP contribution in [0.4, 0.5) is 4.79 Å². The van der Waals surface area contributed by atoms with Crippen LogP contribution in [0.15, 0.2) is 11.5 Å². The Morgan fingerprint density at radius 2 is 2.10 bits per heavy atom. The van der Waals surface area contributed by atoms with Crippen molar-refractivity contribution in [2.24, 2.45) is 0 Å². The Hall–Kier alpha value is -2.33. The number of carbonyl (C=O) groups excluding carboxylic acids is 2. The fourth-order valence-corrected chi connectivity index (χ4v) is 1.27. The van der Waals surface area contributed by atoms with Gasteiger partial charge in [0.05, 0.1) is 6.61 Å². The standard InChI is InChI=1S/C10H13NO9/c1-3(8(15)16)11-10(18)20-7-5(14)6(4(13)2-12)19-9(7)17/h3-4,6,12-14H,2H2,1H3,(H,11,18)(H,15,16). The summed E-state index contributed by atoms with van der Waals surface area (Å²) in [6, 6.07) is -1.28. The van der Waals surface area contributed by atoms with E-state index in [0.29, 0.717) is 0 Å². The molecule has 112 valence electrons. The fourth-order valence-electron chi connectivity index (χ4n) is 1.27. The van der Waals surface area contributed by atoms with Crippen molar-refractivity contribution in [1.29, 1.82) is 0 Å². The monoisotopic (exact) mass is 291 g/mol. The lowest BCUT2D eigenvalue weighted by Crippen LogP contribution is -2.38. The Morgan fingerprint density at radius 1 is 1.50 bits per heavy atom. The van der Waals surface area contributed by atoms with Crippen LogP contribution in [0.2, 0.25) is 0 Å². The lowest BCUT2D eigenvalue weighted by atomic mass is 10.2. The third-order valence-electron chi connectivity index (χ3n) is 2.36. The second-order valence-corrected chi connectivity index (χ2v) is 3.88. The molecule has 1 aliphatic heterocycles. The van der Waals surface area contributed by atoms with Gasteiger partial charge in [0.1, 0.15) is 12.1 Å². The summed E-state index contributed by atoms with van der Waals surface area (Å²) in [6.45, 7) is 0.362. The first-order chi connectivity index (χ1) is 9.27. The number of hydrogen-bond donors (Lipinski definition) is 5. The van der Waals surface area contributed by atoms with Crippen LogP contribution in [-0.2, 0) is 19.1 Å². The number of hydrogen-bond acceptors (Lipinski definition) is 8. The number of carboxylic acids is 1. The minimum atomic E-state index is -1.58. The molecule has 1 rings (SSSR count). The molecule has 10 nitrogen and oxygen atoms in total. The fraction of sp³-hybridized carbons (Fsp3) is 0.500. The predicted molar refractivity (Wildman–Crippen MR) is 59.3 cm³/mol. The zero-order valence-electron chi connectivity index (χ0n) is 10.3. The molecule has 1 aliphatic rings. The summed E-state index contributed by atoms with van der Waals surface area (Å²) in [7, 11) is 0. The van der Waals surface area contributed by atoms with Crippen LogP contribution in [0, 0.1) is 0 Å². The molecule has 1 heterocycles. The van der Waals surface area contributed by atoms with Crippen LogP contribution in [0.25, 0.3) is 0 Å². The summed E-state index contributed by atoms with van der Waals surface area (Å²) in [4.78, 5) is 33.1. The van der Waals surface area contributed by atoms with Crippen LogP contribution < -0.4 is 5.32 Å². The molecule has 0 aromatic carbocycles. The van der Waals surface area contributed by atoms with Crippen molar-refractivity contribution < 1.29 is 44.3 Å². The van der Waals surface area contributed by atoms with Gasteiger partial charge in [0.2, 0.25) is 0 Å². The number of carbonyl (C=O) groups is 3. The number of carboxylic acid groups (broad SMARTS) is 1. The quantitative estimate of drug-likeness (QED) is 0.369. The number of ether oxygens (including phenoxy) is 2. The molecule has 0 fully saturated rings. The lowest BCUT2D eigenvalue weighted by Gasteiger charge is -2.13. The Kier molecular flexibility index (Phi) is 4.88. The van der Waals surface area contributed by atoms with E-state index < -0.39 is 54.4 Å². The number of aliphatic carboxylic acids is 1. The first-order valence-corrected chi connectivity index (χ1v) is 5.42. The van der Waals surface area contributed by atoms with Crippen LogP contribution in [0.3, 0.4) is 0 Å². The van der Waals surface area contributed by atoms with Gasteiger partial charge < -0.3 is 35.2 Å². The Labute approximate surface area is 112 Å². The summed E-state index contributed by atoms with van der Waals surface area (Å²) < 4.78 is 8.93. The smallest absolute Gasteiger partial charge is 0.413 e. The highest BCUT2D eigenvalue weighted by atomic mass is 16.6. The second kappa shape index (κ2) is 6.21. The van der Waals surface area contributed by atoms with Crippen molar-refractivity contribution in [3.8, 4) is 0 Å². The molecular formula is C10H13NO9. The average Bonchev–Trinajstić information content (AvgIpc) is 2.65. The summed E-state index contributed by atoms with van der Waals surface area (Å²) in [5.41, 5.74) is 0. The molecule has 20 heavy (non-hydrogen) atoms. The van der Waals surface area contributed by atoms with E-state index in [-0.39, 0.29) is 0 Å². The summed E-state index contributed by atoms with van der Waals surface area (Å²) in [6.07, 6.45) is -4.43. The molecule has 10 heteroatoms. The molecule has 3 atom stereocenters. The first kappa shape index (κ1) is 15.7. The molecule has 0 aliphatic carbocycles. The highest BCUT2D eigenvalue weighted by Crippen LogP contribution is 2.24. The molecule has 3 unspecified atom stereocenters. The minimum Gasteiger partial charge on any atom is -0.505 e. The normalized spacial score (nSPS) is 21.1. The number of rotatable bonds is 5. The van der Waals surface area contributed by atoms with Crippen molar-refractivity contribution in [3.05, 3.63) is 11.5 Å². The zero-order chi connectivity index (χ0) is 15.4. The van der Waals surface area contributed by atoms with E-state index in [1.807, 2.05) is 5.32 Å². The highest BCUT2D eigenvalue weighted by molar-refractivity contribution is 5.92. The number of amides is 1. The number of aliphatic hydroxyl groups is 3. The van der Waals surface area contributed by atoms with Gasteiger partial charge in [-0.15, -0.1) is 0 Å². The van der Waals surface area contributed by atoms with Crippen LogP contribution in [0.1, 0.15) is 6.92 Å². The molecule has 0 aromatic rings. The molecule has 1 amide bonds. The van der Waals surface area contributed by atoms with Crippen molar-refractivity contribution in [2.45, 2.75) is 25.2 Å². The van der Waals surface area contributed by atoms with E-state index in [4.69, 9.17) is 10.2 Å². The van der Waals surface area contributed by atoms with Gasteiger partial charge in [0.25, 0.3) is 5.76 Å². The largest absolute Gasteiger partial charge is 0.505 e. The van der Waals surface area contributed by atoms with E-state index in [2.05, 4.69) is 9.47 Å². The molecule has 5 N–H and O–H groups in total. The van der Waals surface area contributed by atoms with Crippen LogP contribution >= 0.6 is 0 Å². The van der Waals surface area contributed by atoms with Crippen LogP contribution in [0.5, 0.6) is 0 Å². The Bertz CT molecular complexity index is 458. The molecule has 0 spiro atoms. The zero-order valence-corrected chi connectivity index (χ0v) is 10.3. The number of alkyl carbamates (subject to hydrolysis) is 1. The van der Waals surface area contributed by atoms with E-state index in [9.17, 15) is 24.6 Å². The van der Waals surface area contributed by atoms with E-state index >= 15 is 0 Å². The Balaban J connectivity index is 2.75. The van der Waals surface area contributed by atoms with Gasteiger partial charge in [-0.05, 0) is 6.92 Å². The molecule has 0 radical (unpaired) electrons. The number of nitrogens with one attached hydrogen (secondary N) is 1. The molecule has 0 bridgehead atoms. The van der Waals surface area contributed by atoms with Crippen molar-refractivity contribution >= 4 is 18.0 Å². The number of esters is 1. The predicted octanol–water partition coefficient (Wildman–Crippen LogP) is -1.77. The maximum atomic E-state index is 11.3. The van der Waals surface area contributed by atoms with Gasteiger partial charge in [0, 0.05) is 0 Å². The second-order valence-electron chi connectivity index (χ2n) is 3.88. The first-order valence-electron chi connectivity index (χ1n) is 5.42. The topological polar surface area (TPSA) is 163 Å². The maximum Gasteiger partial charge on any atom is 0.413 e. The summed E-state index contributed by atoms with van der Waals surface area (Å²) in [5, 5.41) is 37.9. The summed E-state index contributed by atoms with van der Waals surface area (Å²) in [5.74, 6) is -4.30. The Morgan fingerprint density at radius 3 is 2.60 bits per heavy atom. The van der Waals surface area contributed by atoms with Gasteiger partial charge >= 0.3 is 18.0 Å². The average molecular weight is 291 g/mol.